The molecular weight excluding hydrogens is 164 g/mol. The number of hydrogen-bond acceptors (Lipinski definition) is 2. The van der Waals surface area contributed by atoms with Crippen molar-refractivity contribution in [1.82, 2.24) is 10.6 Å². The van der Waals surface area contributed by atoms with Crippen molar-refractivity contribution in [3.8, 4) is 0 Å². The highest BCUT2D eigenvalue weighted by atomic mass is 16.1. The van der Waals surface area contributed by atoms with Gasteiger partial charge in [-0.3, -0.25) is 4.79 Å². The Morgan fingerprint density at radius 1 is 1.62 bits per heavy atom. The van der Waals surface area contributed by atoms with E-state index >= 15 is 0 Å². The van der Waals surface area contributed by atoms with Gasteiger partial charge in [0.1, 0.15) is 0 Å². The predicted molar refractivity (Wildman–Crippen MR) is 53.5 cm³/mol. The van der Waals surface area contributed by atoms with E-state index in [1.807, 2.05) is 13.8 Å². The third kappa shape index (κ3) is 2.99. The lowest BCUT2D eigenvalue weighted by molar-refractivity contribution is -0.125. The third-order valence-electron chi connectivity index (χ3n) is 2.72. The summed E-state index contributed by atoms with van der Waals surface area (Å²) < 4.78 is 0. The van der Waals surface area contributed by atoms with E-state index in [1.165, 1.54) is 12.8 Å². The fourth-order valence-corrected chi connectivity index (χ4v) is 1.82. The molecule has 0 unspecified atom stereocenters. The Morgan fingerprint density at radius 3 is 2.92 bits per heavy atom. The smallest absolute Gasteiger partial charge is 0.224 e. The Labute approximate surface area is 80.3 Å². The first-order valence-electron chi connectivity index (χ1n) is 5.26. The molecule has 0 aliphatic carbocycles. The lowest BCUT2D eigenvalue weighted by atomic mass is 9.93. The molecule has 1 aliphatic rings. The van der Waals surface area contributed by atoms with Crippen molar-refractivity contribution in [2.24, 2.45) is 5.92 Å². The van der Waals surface area contributed by atoms with Crippen LogP contribution in [0.3, 0.4) is 0 Å². The molecule has 13 heavy (non-hydrogen) atoms. The molecule has 0 radical (unpaired) electrons. The van der Waals surface area contributed by atoms with Crippen LogP contribution in [-0.4, -0.2) is 25.0 Å². The van der Waals surface area contributed by atoms with Gasteiger partial charge in [0.15, 0.2) is 0 Å². The molecule has 1 heterocycles. The zero-order valence-electron chi connectivity index (χ0n) is 8.60. The van der Waals surface area contributed by atoms with Crippen molar-refractivity contribution in [3.63, 3.8) is 0 Å². The fourth-order valence-electron chi connectivity index (χ4n) is 1.82. The van der Waals surface area contributed by atoms with Gasteiger partial charge in [-0.1, -0.05) is 13.3 Å². The molecule has 1 rings (SSSR count). The van der Waals surface area contributed by atoms with Crippen molar-refractivity contribution in [2.75, 3.05) is 13.1 Å². The summed E-state index contributed by atoms with van der Waals surface area (Å²) in [5, 5.41) is 6.26. The van der Waals surface area contributed by atoms with E-state index < -0.39 is 0 Å². The highest BCUT2D eigenvalue weighted by molar-refractivity contribution is 5.78. The molecule has 1 saturated heterocycles. The van der Waals surface area contributed by atoms with Crippen LogP contribution in [0, 0.1) is 5.92 Å². The average Bonchev–Trinajstić information content (AvgIpc) is 2.18. The van der Waals surface area contributed by atoms with Crippen LogP contribution in [0.25, 0.3) is 0 Å². The summed E-state index contributed by atoms with van der Waals surface area (Å²) in [7, 11) is 0. The number of hydrogen-bond donors (Lipinski definition) is 2. The quantitative estimate of drug-likeness (QED) is 0.684. The zero-order chi connectivity index (χ0) is 9.68. The Hall–Kier alpha value is -0.570. The van der Waals surface area contributed by atoms with Crippen LogP contribution in [0.5, 0.6) is 0 Å². The first-order chi connectivity index (χ1) is 6.25. The molecule has 2 atom stereocenters. The normalized spacial score (nSPS) is 25.2. The van der Waals surface area contributed by atoms with Gasteiger partial charge in [0.2, 0.25) is 5.91 Å². The van der Waals surface area contributed by atoms with Gasteiger partial charge in [-0.2, -0.15) is 0 Å². The van der Waals surface area contributed by atoms with Gasteiger partial charge < -0.3 is 10.6 Å². The molecule has 76 valence electrons. The topological polar surface area (TPSA) is 41.1 Å². The second-order valence-corrected chi connectivity index (χ2v) is 3.74. The molecule has 0 bridgehead atoms. The van der Waals surface area contributed by atoms with E-state index in [4.69, 9.17) is 0 Å². The van der Waals surface area contributed by atoms with Crippen LogP contribution in [0.1, 0.15) is 33.1 Å². The maximum absolute atomic E-state index is 11.5. The average molecular weight is 184 g/mol. The van der Waals surface area contributed by atoms with E-state index in [1.54, 1.807) is 0 Å². The third-order valence-corrected chi connectivity index (χ3v) is 2.72. The highest BCUT2D eigenvalue weighted by Crippen LogP contribution is 2.14. The van der Waals surface area contributed by atoms with Crippen molar-refractivity contribution in [1.29, 1.82) is 0 Å². The van der Waals surface area contributed by atoms with Gasteiger partial charge in [0, 0.05) is 12.6 Å². The summed E-state index contributed by atoms with van der Waals surface area (Å²) in [4.78, 5) is 11.5. The summed E-state index contributed by atoms with van der Waals surface area (Å²) in [6, 6.07) is 0.389. The Balaban J connectivity index is 2.35. The van der Waals surface area contributed by atoms with Gasteiger partial charge in [0.25, 0.3) is 0 Å². The second-order valence-electron chi connectivity index (χ2n) is 3.74. The monoisotopic (exact) mass is 184 g/mol. The summed E-state index contributed by atoms with van der Waals surface area (Å²) in [5.74, 6) is 0.294. The first-order valence-corrected chi connectivity index (χ1v) is 5.26. The van der Waals surface area contributed by atoms with Crippen LogP contribution in [0.2, 0.25) is 0 Å². The van der Waals surface area contributed by atoms with Gasteiger partial charge in [-0.05, 0) is 26.3 Å². The van der Waals surface area contributed by atoms with Crippen LogP contribution in [0.15, 0.2) is 0 Å². The highest BCUT2D eigenvalue weighted by Gasteiger charge is 2.24. The van der Waals surface area contributed by atoms with Gasteiger partial charge in [-0.15, -0.1) is 0 Å². The lowest BCUT2D eigenvalue weighted by Crippen LogP contribution is -2.45. The Kier molecular flexibility index (Phi) is 4.22. The maximum Gasteiger partial charge on any atom is 0.224 e. The SMILES string of the molecule is CCNC(=O)[C@@H](C)[C@@H]1CCCCN1. The van der Waals surface area contributed by atoms with Crippen molar-refractivity contribution >= 4 is 5.91 Å². The molecular formula is C10H20N2O. The number of carbonyl (C=O) groups excluding carboxylic acids is 1. The molecule has 0 aromatic rings. The van der Waals surface area contributed by atoms with Crippen molar-refractivity contribution in [3.05, 3.63) is 0 Å². The second kappa shape index (κ2) is 5.22. The number of amides is 1. The zero-order valence-corrected chi connectivity index (χ0v) is 8.60. The number of carbonyl (C=O) groups is 1. The van der Waals surface area contributed by atoms with E-state index in [2.05, 4.69) is 10.6 Å². The van der Waals surface area contributed by atoms with Crippen LogP contribution >= 0.6 is 0 Å². The summed E-state index contributed by atoms with van der Waals surface area (Å²) in [6.07, 6.45) is 3.64. The van der Waals surface area contributed by atoms with Crippen LogP contribution in [-0.2, 0) is 4.79 Å². The van der Waals surface area contributed by atoms with E-state index in [-0.39, 0.29) is 11.8 Å². The maximum atomic E-state index is 11.5. The van der Waals surface area contributed by atoms with Gasteiger partial charge >= 0.3 is 0 Å². The largest absolute Gasteiger partial charge is 0.356 e. The molecule has 0 aromatic heterocycles. The fraction of sp³-hybridized carbons (Fsp3) is 0.900. The number of nitrogens with one attached hydrogen (secondary N) is 2. The molecule has 0 aromatic carbocycles. The predicted octanol–water partition coefficient (Wildman–Crippen LogP) is 0.901. The standard InChI is InChI=1S/C10H20N2O/c1-3-11-10(13)8(2)9-6-4-5-7-12-9/h8-9,12H,3-7H2,1-2H3,(H,11,13)/t8-,9-/m0/s1. The Bertz CT molecular complexity index is 164. The minimum Gasteiger partial charge on any atom is -0.356 e. The van der Waals surface area contributed by atoms with Crippen molar-refractivity contribution < 1.29 is 4.79 Å². The minimum absolute atomic E-state index is 0.111. The number of rotatable bonds is 3. The van der Waals surface area contributed by atoms with E-state index in [0.717, 1.165) is 19.5 Å². The first kappa shape index (κ1) is 10.5. The number of piperidine rings is 1. The van der Waals surface area contributed by atoms with Gasteiger partial charge in [-0.25, -0.2) is 0 Å². The van der Waals surface area contributed by atoms with E-state index in [0.29, 0.717) is 6.04 Å². The summed E-state index contributed by atoms with van der Waals surface area (Å²) in [5.41, 5.74) is 0. The Morgan fingerprint density at radius 2 is 2.38 bits per heavy atom. The molecule has 3 nitrogen and oxygen atoms in total. The van der Waals surface area contributed by atoms with E-state index in [9.17, 15) is 4.79 Å². The summed E-state index contributed by atoms with van der Waals surface area (Å²) >= 11 is 0. The summed E-state index contributed by atoms with van der Waals surface area (Å²) in [6.45, 7) is 5.76. The van der Waals surface area contributed by atoms with Crippen LogP contribution < -0.4 is 10.6 Å². The molecule has 3 heteroatoms. The lowest BCUT2D eigenvalue weighted by Gasteiger charge is -2.28. The molecule has 0 saturated carbocycles. The minimum atomic E-state index is 0.111. The molecule has 0 spiro atoms. The molecule has 1 fully saturated rings. The van der Waals surface area contributed by atoms with Crippen LogP contribution in [0.4, 0.5) is 0 Å². The molecule has 1 aliphatic heterocycles. The molecule has 1 amide bonds. The van der Waals surface area contributed by atoms with Gasteiger partial charge in [0.05, 0.1) is 5.92 Å². The molecule has 2 N–H and O–H groups in total. The van der Waals surface area contributed by atoms with Crippen molar-refractivity contribution in [2.45, 2.75) is 39.2 Å².